The number of benzene rings is 1. The first kappa shape index (κ1) is 13.2. The van der Waals surface area contributed by atoms with Crippen LogP contribution >= 0.6 is 0 Å². The van der Waals surface area contributed by atoms with E-state index in [2.05, 4.69) is 21.4 Å². The average molecular weight is 280 g/mol. The Bertz CT molecular complexity index is 693. The lowest BCUT2D eigenvalue weighted by Crippen LogP contribution is -2.04. The van der Waals surface area contributed by atoms with Gasteiger partial charge < -0.3 is 14.6 Å². The van der Waals surface area contributed by atoms with E-state index >= 15 is 0 Å². The summed E-state index contributed by atoms with van der Waals surface area (Å²) in [6.07, 6.45) is 7.29. The van der Waals surface area contributed by atoms with Gasteiger partial charge in [0, 0.05) is 31.2 Å². The van der Waals surface area contributed by atoms with E-state index in [0.717, 1.165) is 16.9 Å². The molecule has 21 heavy (non-hydrogen) atoms. The summed E-state index contributed by atoms with van der Waals surface area (Å²) in [5.41, 5.74) is 3.21. The molecule has 0 saturated carbocycles. The highest BCUT2D eigenvalue weighted by atomic mass is 16.5. The van der Waals surface area contributed by atoms with Gasteiger partial charge in [0.25, 0.3) is 0 Å². The number of methoxy groups -OCH3 is 1. The molecule has 0 spiro atoms. The minimum atomic E-state index is 0.623. The summed E-state index contributed by atoms with van der Waals surface area (Å²) >= 11 is 0. The lowest BCUT2D eigenvalue weighted by molar-refractivity contribution is 0.397. The third-order valence-corrected chi connectivity index (χ3v) is 3.18. The molecule has 0 unspecified atom stereocenters. The molecule has 1 aromatic carbocycles. The first-order chi connectivity index (χ1) is 10.4. The van der Waals surface area contributed by atoms with Crippen molar-refractivity contribution in [1.82, 2.24) is 14.5 Å². The zero-order valence-electron chi connectivity index (χ0n) is 11.7. The Labute approximate surface area is 123 Å². The van der Waals surface area contributed by atoms with Crippen LogP contribution in [0.1, 0.15) is 5.56 Å². The van der Waals surface area contributed by atoms with Gasteiger partial charge in [-0.1, -0.05) is 18.2 Å². The van der Waals surface area contributed by atoms with Crippen LogP contribution in [-0.4, -0.2) is 21.6 Å². The molecule has 0 saturated heterocycles. The average Bonchev–Trinajstić information content (AvgIpc) is 3.08. The Morgan fingerprint density at radius 2 is 2.10 bits per heavy atom. The number of nitrogens with zero attached hydrogens (tertiary/aromatic N) is 3. The second kappa shape index (κ2) is 6.09. The van der Waals surface area contributed by atoms with Crippen LogP contribution < -0.4 is 10.1 Å². The zero-order valence-corrected chi connectivity index (χ0v) is 11.7. The first-order valence-corrected chi connectivity index (χ1v) is 6.67. The first-order valence-electron chi connectivity index (χ1n) is 6.67. The number of ether oxygens (including phenoxy) is 1. The summed E-state index contributed by atoms with van der Waals surface area (Å²) in [6, 6.07) is 12.0. The molecule has 2 aromatic heterocycles. The molecule has 3 rings (SSSR count). The molecule has 0 fully saturated rings. The second-order valence-electron chi connectivity index (χ2n) is 4.55. The largest absolute Gasteiger partial charge is 0.481 e. The maximum absolute atomic E-state index is 5.06. The van der Waals surface area contributed by atoms with Crippen LogP contribution in [0.25, 0.3) is 5.69 Å². The number of anilines is 1. The van der Waals surface area contributed by atoms with Gasteiger partial charge in [-0.05, 0) is 17.7 Å². The molecule has 0 amide bonds. The molecule has 3 aromatic rings. The van der Waals surface area contributed by atoms with Crippen molar-refractivity contribution in [2.24, 2.45) is 0 Å². The summed E-state index contributed by atoms with van der Waals surface area (Å²) in [5, 5.41) is 3.43. The fraction of sp³-hybridized carbons (Fsp3) is 0.125. The monoisotopic (exact) mass is 280 g/mol. The summed E-state index contributed by atoms with van der Waals surface area (Å²) in [6.45, 7) is 0.697. The van der Waals surface area contributed by atoms with E-state index in [1.165, 1.54) is 0 Å². The van der Waals surface area contributed by atoms with Crippen LogP contribution in [0.2, 0.25) is 0 Å². The number of rotatable bonds is 5. The fourth-order valence-electron chi connectivity index (χ4n) is 2.08. The molecule has 0 bridgehead atoms. The molecule has 0 atom stereocenters. The Morgan fingerprint density at radius 3 is 2.81 bits per heavy atom. The molecule has 0 aliphatic carbocycles. The van der Waals surface area contributed by atoms with E-state index < -0.39 is 0 Å². The van der Waals surface area contributed by atoms with Gasteiger partial charge >= 0.3 is 0 Å². The van der Waals surface area contributed by atoms with Crippen LogP contribution in [0.4, 0.5) is 5.69 Å². The van der Waals surface area contributed by atoms with Gasteiger partial charge in [-0.25, -0.2) is 9.97 Å². The smallest absolute Gasteiger partial charge is 0.212 e. The van der Waals surface area contributed by atoms with Crippen LogP contribution in [-0.2, 0) is 6.54 Å². The summed E-state index contributed by atoms with van der Waals surface area (Å²) in [4.78, 5) is 8.29. The number of hydrogen-bond donors (Lipinski definition) is 1. The third kappa shape index (κ3) is 3.02. The molecule has 106 valence electrons. The van der Waals surface area contributed by atoms with E-state index in [1.807, 2.05) is 47.3 Å². The maximum Gasteiger partial charge on any atom is 0.212 e. The minimum Gasteiger partial charge on any atom is -0.481 e. The van der Waals surface area contributed by atoms with Crippen LogP contribution in [0, 0.1) is 0 Å². The van der Waals surface area contributed by atoms with E-state index in [9.17, 15) is 0 Å². The van der Waals surface area contributed by atoms with Gasteiger partial charge in [0.15, 0.2) is 0 Å². The molecule has 1 N–H and O–H groups in total. The van der Waals surface area contributed by atoms with Gasteiger partial charge in [0.05, 0.1) is 24.8 Å². The summed E-state index contributed by atoms with van der Waals surface area (Å²) in [7, 11) is 1.61. The second-order valence-corrected chi connectivity index (χ2v) is 4.55. The maximum atomic E-state index is 5.06. The number of nitrogens with one attached hydrogen (secondary N) is 1. The molecule has 5 nitrogen and oxygen atoms in total. The molecule has 0 radical (unpaired) electrons. The number of hydrogen-bond acceptors (Lipinski definition) is 4. The van der Waals surface area contributed by atoms with Crippen LogP contribution in [0.5, 0.6) is 5.88 Å². The predicted molar refractivity (Wildman–Crippen MR) is 81.7 cm³/mol. The van der Waals surface area contributed by atoms with Crippen LogP contribution in [0.3, 0.4) is 0 Å². The Balaban J connectivity index is 1.76. The number of para-hydroxylation sites is 2. The van der Waals surface area contributed by atoms with E-state index in [-0.39, 0.29) is 0 Å². The van der Waals surface area contributed by atoms with Crippen molar-refractivity contribution in [1.29, 1.82) is 0 Å². The van der Waals surface area contributed by atoms with E-state index in [1.54, 1.807) is 19.6 Å². The number of imidazole rings is 1. The van der Waals surface area contributed by atoms with Crippen molar-refractivity contribution < 1.29 is 4.74 Å². The van der Waals surface area contributed by atoms with E-state index in [4.69, 9.17) is 4.74 Å². The fourth-order valence-corrected chi connectivity index (χ4v) is 2.08. The predicted octanol–water partition coefficient (Wildman–Crippen LogP) is 2.89. The third-order valence-electron chi connectivity index (χ3n) is 3.18. The Morgan fingerprint density at radius 1 is 1.19 bits per heavy atom. The van der Waals surface area contributed by atoms with Gasteiger partial charge in [-0.2, -0.15) is 0 Å². The van der Waals surface area contributed by atoms with Crippen molar-refractivity contribution >= 4 is 5.69 Å². The molecular weight excluding hydrogens is 264 g/mol. The Hall–Kier alpha value is -2.82. The zero-order chi connectivity index (χ0) is 14.5. The van der Waals surface area contributed by atoms with Crippen molar-refractivity contribution in [2.45, 2.75) is 6.54 Å². The van der Waals surface area contributed by atoms with Crippen molar-refractivity contribution in [3.8, 4) is 11.6 Å². The highest BCUT2D eigenvalue weighted by Gasteiger charge is 2.03. The SMILES string of the molecule is COc1ccc(CNc2ccccc2-n2ccnc2)cn1. The summed E-state index contributed by atoms with van der Waals surface area (Å²) in [5.74, 6) is 0.623. The normalized spacial score (nSPS) is 10.3. The van der Waals surface area contributed by atoms with Crippen LogP contribution in [0.15, 0.2) is 61.3 Å². The van der Waals surface area contributed by atoms with Crippen molar-refractivity contribution in [3.63, 3.8) is 0 Å². The number of aromatic nitrogens is 3. The molecular formula is C16H16N4O. The van der Waals surface area contributed by atoms with Crippen molar-refractivity contribution in [2.75, 3.05) is 12.4 Å². The van der Waals surface area contributed by atoms with Gasteiger partial charge in [-0.3, -0.25) is 0 Å². The quantitative estimate of drug-likeness (QED) is 0.780. The molecule has 0 aliphatic heterocycles. The lowest BCUT2D eigenvalue weighted by Gasteiger charge is -2.12. The minimum absolute atomic E-state index is 0.623. The highest BCUT2D eigenvalue weighted by Crippen LogP contribution is 2.20. The van der Waals surface area contributed by atoms with Gasteiger partial charge in [0.1, 0.15) is 0 Å². The highest BCUT2D eigenvalue weighted by molar-refractivity contribution is 5.61. The molecule has 2 heterocycles. The lowest BCUT2D eigenvalue weighted by atomic mass is 10.2. The van der Waals surface area contributed by atoms with Crippen molar-refractivity contribution in [3.05, 3.63) is 66.9 Å². The van der Waals surface area contributed by atoms with Gasteiger partial charge in [-0.15, -0.1) is 0 Å². The molecule has 0 aliphatic rings. The number of pyridine rings is 1. The van der Waals surface area contributed by atoms with Gasteiger partial charge in [0.2, 0.25) is 5.88 Å². The summed E-state index contributed by atoms with van der Waals surface area (Å²) < 4.78 is 7.04. The molecule has 5 heteroatoms. The topological polar surface area (TPSA) is 52.0 Å². The standard InChI is InChI=1S/C16H16N4O/c1-21-16-7-6-13(11-19-16)10-18-14-4-2-3-5-15(14)20-9-8-17-12-20/h2-9,11-12,18H,10H2,1H3. The van der Waals surface area contributed by atoms with E-state index in [0.29, 0.717) is 12.4 Å². The Kier molecular flexibility index (Phi) is 3.82.